The van der Waals surface area contributed by atoms with Gasteiger partial charge >= 0.3 is 6.03 Å². The predicted octanol–water partition coefficient (Wildman–Crippen LogP) is 2.26. The van der Waals surface area contributed by atoms with Crippen molar-refractivity contribution in [3.8, 4) is 0 Å². The van der Waals surface area contributed by atoms with Gasteiger partial charge in [0.15, 0.2) is 5.96 Å². The van der Waals surface area contributed by atoms with E-state index >= 15 is 0 Å². The Bertz CT molecular complexity index is 724. The Labute approximate surface area is 154 Å². The van der Waals surface area contributed by atoms with Crippen molar-refractivity contribution in [2.24, 2.45) is 10.7 Å². The number of benzene rings is 1. The van der Waals surface area contributed by atoms with Crippen LogP contribution in [-0.4, -0.2) is 29.5 Å². The number of hydrogen-bond acceptors (Lipinski definition) is 3. The second kappa shape index (κ2) is 7.35. The third kappa shape index (κ3) is 3.52. The molecule has 2 aliphatic rings. The van der Waals surface area contributed by atoms with Crippen molar-refractivity contribution in [3.63, 3.8) is 0 Å². The lowest BCUT2D eigenvalue weighted by Crippen LogP contribution is -2.44. The maximum atomic E-state index is 12.9. The van der Waals surface area contributed by atoms with Crippen molar-refractivity contribution in [1.82, 2.24) is 10.6 Å². The first-order chi connectivity index (χ1) is 12.4. The quantitative estimate of drug-likeness (QED) is 0.427. The number of nitrogens with zero attached hydrogens (tertiary/aromatic N) is 2. The van der Waals surface area contributed by atoms with Crippen LogP contribution in [0.4, 0.5) is 10.5 Å². The summed E-state index contributed by atoms with van der Waals surface area (Å²) in [6.45, 7) is 4.50. The van der Waals surface area contributed by atoms with Gasteiger partial charge in [0.25, 0.3) is 5.91 Å². The lowest BCUT2D eigenvalue weighted by molar-refractivity contribution is -0.121. The van der Waals surface area contributed by atoms with Gasteiger partial charge in [0.1, 0.15) is 5.54 Å². The van der Waals surface area contributed by atoms with Gasteiger partial charge in [-0.25, -0.2) is 14.7 Å². The monoisotopic (exact) mass is 357 g/mol. The van der Waals surface area contributed by atoms with Gasteiger partial charge in [-0.3, -0.25) is 4.79 Å². The van der Waals surface area contributed by atoms with E-state index in [-0.39, 0.29) is 18.0 Å². The van der Waals surface area contributed by atoms with E-state index in [1.807, 2.05) is 25.1 Å². The summed E-state index contributed by atoms with van der Waals surface area (Å²) >= 11 is 0. The Morgan fingerprint density at radius 2 is 2.12 bits per heavy atom. The molecular weight excluding hydrogens is 330 g/mol. The molecule has 1 saturated carbocycles. The molecule has 140 valence electrons. The fourth-order valence-corrected chi connectivity index (χ4v) is 3.54. The summed E-state index contributed by atoms with van der Waals surface area (Å²) in [5.41, 5.74) is 6.67. The SMILES string of the molecule is CCC(C)NC(N)=NCc1cccc(N2C(=O)NC3(CCCC3)C2=O)c1. The van der Waals surface area contributed by atoms with Crippen molar-refractivity contribution in [2.75, 3.05) is 4.90 Å². The number of rotatable bonds is 5. The number of guanidine groups is 1. The van der Waals surface area contributed by atoms with E-state index in [1.54, 1.807) is 6.07 Å². The molecule has 1 aromatic carbocycles. The number of anilines is 1. The van der Waals surface area contributed by atoms with E-state index in [2.05, 4.69) is 22.5 Å². The lowest BCUT2D eigenvalue weighted by Gasteiger charge is -2.20. The van der Waals surface area contributed by atoms with Crippen LogP contribution in [0.3, 0.4) is 0 Å². The summed E-state index contributed by atoms with van der Waals surface area (Å²) in [6, 6.07) is 7.27. The molecule has 0 bridgehead atoms. The molecule has 7 heteroatoms. The fraction of sp³-hybridized carbons (Fsp3) is 0.526. The Kier molecular flexibility index (Phi) is 5.15. The molecule has 3 rings (SSSR count). The normalized spacial score (nSPS) is 20.5. The van der Waals surface area contributed by atoms with Crippen molar-refractivity contribution >= 4 is 23.6 Å². The highest BCUT2D eigenvalue weighted by atomic mass is 16.2. The highest BCUT2D eigenvalue weighted by molar-refractivity contribution is 6.23. The molecule has 1 atom stereocenters. The Hall–Kier alpha value is -2.57. The second-order valence-electron chi connectivity index (χ2n) is 7.18. The summed E-state index contributed by atoms with van der Waals surface area (Å²) in [5.74, 6) is 0.253. The van der Waals surface area contributed by atoms with Gasteiger partial charge in [-0.2, -0.15) is 0 Å². The molecular formula is C19H27N5O2. The van der Waals surface area contributed by atoms with Crippen LogP contribution in [-0.2, 0) is 11.3 Å². The number of urea groups is 1. The highest BCUT2D eigenvalue weighted by Crippen LogP contribution is 2.37. The van der Waals surface area contributed by atoms with Gasteiger partial charge in [0.05, 0.1) is 12.2 Å². The number of nitrogens with one attached hydrogen (secondary N) is 2. The van der Waals surface area contributed by atoms with E-state index in [4.69, 9.17) is 5.73 Å². The van der Waals surface area contributed by atoms with E-state index in [0.29, 0.717) is 18.2 Å². The largest absolute Gasteiger partial charge is 0.370 e. The summed E-state index contributed by atoms with van der Waals surface area (Å²) in [6.07, 6.45) is 4.33. The minimum absolute atomic E-state index is 0.140. The highest BCUT2D eigenvalue weighted by Gasteiger charge is 2.52. The number of carbonyl (C=O) groups excluding carboxylic acids is 2. The number of nitrogens with two attached hydrogens (primary N) is 1. The molecule has 1 aliphatic heterocycles. The first-order valence-corrected chi connectivity index (χ1v) is 9.27. The molecule has 0 aromatic heterocycles. The Morgan fingerprint density at radius 3 is 2.81 bits per heavy atom. The molecule has 0 radical (unpaired) electrons. The first-order valence-electron chi connectivity index (χ1n) is 9.27. The molecule has 3 amide bonds. The fourth-order valence-electron chi connectivity index (χ4n) is 3.54. The standard InChI is InChI=1S/C19H27N5O2/c1-3-13(2)22-17(20)21-12-14-7-6-8-15(11-14)24-16(25)19(23-18(24)26)9-4-5-10-19/h6-8,11,13H,3-5,9-10,12H2,1-2H3,(H,23,26)(H3,20,21,22). The molecule has 26 heavy (non-hydrogen) atoms. The average Bonchev–Trinajstić information content (AvgIpc) is 3.18. The summed E-state index contributed by atoms with van der Waals surface area (Å²) in [7, 11) is 0. The smallest absolute Gasteiger partial charge is 0.329 e. The van der Waals surface area contributed by atoms with E-state index in [0.717, 1.165) is 37.7 Å². The van der Waals surface area contributed by atoms with Crippen LogP contribution in [0.1, 0.15) is 51.5 Å². The molecule has 4 N–H and O–H groups in total. The first kappa shape index (κ1) is 18.2. The number of amides is 3. The minimum atomic E-state index is -0.699. The summed E-state index contributed by atoms with van der Waals surface area (Å²) in [4.78, 5) is 30.9. The number of hydrogen-bond donors (Lipinski definition) is 3. The third-order valence-electron chi connectivity index (χ3n) is 5.23. The zero-order chi connectivity index (χ0) is 18.7. The lowest BCUT2D eigenvalue weighted by atomic mass is 9.98. The predicted molar refractivity (Wildman–Crippen MR) is 102 cm³/mol. The molecule has 2 fully saturated rings. The molecule has 7 nitrogen and oxygen atoms in total. The number of imide groups is 1. The van der Waals surface area contributed by atoms with Crippen LogP contribution < -0.4 is 21.3 Å². The van der Waals surface area contributed by atoms with Crippen LogP contribution >= 0.6 is 0 Å². The number of aliphatic imine (C=N–C) groups is 1. The maximum absolute atomic E-state index is 12.9. The van der Waals surface area contributed by atoms with Crippen LogP contribution in [0.2, 0.25) is 0 Å². The minimum Gasteiger partial charge on any atom is -0.370 e. The average molecular weight is 357 g/mol. The Balaban J connectivity index is 1.74. The molecule has 1 aliphatic carbocycles. The van der Waals surface area contributed by atoms with Crippen molar-refractivity contribution < 1.29 is 9.59 Å². The zero-order valence-corrected chi connectivity index (χ0v) is 15.4. The zero-order valence-electron chi connectivity index (χ0n) is 15.4. The van der Waals surface area contributed by atoms with Crippen molar-refractivity contribution in [1.29, 1.82) is 0 Å². The van der Waals surface area contributed by atoms with Crippen LogP contribution in [0, 0.1) is 0 Å². The summed E-state index contributed by atoms with van der Waals surface area (Å²) < 4.78 is 0. The van der Waals surface area contributed by atoms with Gasteiger partial charge in [-0.05, 0) is 43.9 Å². The molecule has 1 saturated heterocycles. The van der Waals surface area contributed by atoms with E-state index < -0.39 is 5.54 Å². The molecule has 1 heterocycles. The Morgan fingerprint density at radius 1 is 1.38 bits per heavy atom. The van der Waals surface area contributed by atoms with Gasteiger partial charge < -0.3 is 16.4 Å². The molecule has 1 unspecified atom stereocenters. The van der Waals surface area contributed by atoms with Crippen molar-refractivity contribution in [2.45, 2.75) is 64.1 Å². The topological polar surface area (TPSA) is 99.8 Å². The van der Waals surface area contributed by atoms with Crippen LogP contribution in [0.5, 0.6) is 0 Å². The van der Waals surface area contributed by atoms with Gasteiger partial charge in [-0.15, -0.1) is 0 Å². The third-order valence-corrected chi connectivity index (χ3v) is 5.23. The van der Waals surface area contributed by atoms with Gasteiger partial charge in [-0.1, -0.05) is 31.9 Å². The van der Waals surface area contributed by atoms with Crippen LogP contribution in [0.25, 0.3) is 0 Å². The second-order valence-corrected chi connectivity index (χ2v) is 7.18. The van der Waals surface area contributed by atoms with E-state index in [9.17, 15) is 9.59 Å². The summed E-state index contributed by atoms with van der Waals surface area (Å²) in [5, 5.41) is 6.02. The van der Waals surface area contributed by atoms with Gasteiger partial charge in [0, 0.05) is 6.04 Å². The van der Waals surface area contributed by atoms with Gasteiger partial charge in [0.2, 0.25) is 0 Å². The molecule has 1 spiro atoms. The van der Waals surface area contributed by atoms with E-state index in [1.165, 1.54) is 4.90 Å². The van der Waals surface area contributed by atoms with Crippen LogP contribution in [0.15, 0.2) is 29.3 Å². The van der Waals surface area contributed by atoms with Crippen molar-refractivity contribution in [3.05, 3.63) is 29.8 Å². The number of carbonyl (C=O) groups is 2. The molecule has 1 aromatic rings. The maximum Gasteiger partial charge on any atom is 0.329 e.